The minimum absolute atomic E-state index is 0.319. The maximum Gasteiger partial charge on any atom is 0.422 e. The van der Waals surface area contributed by atoms with Gasteiger partial charge in [0.2, 0.25) is 0 Å². The molecule has 3 aromatic carbocycles. The lowest BCUT2D eigenvalue weighted by Crippen LogP contribution is -2.20. The lowest BCUT2D eigenvalue weighted by Gasteiger charge is -2.14. The largest absolute Gasteiger partial charge is 0.478 e. The Hall–Kier alpha value is -2.84. The zero-order chi connectivity index (χ0) is 22.2. The van der Waals surface area contributed by atoms with Gasteiger partial charge in [0.05, 0.1) is 10.9 Å². The highest BCUT2D eigenvalue weighted by molar-refractivity contribution is 5.90. The smallest absolute Gasteiger partial charge is 0.422 e. The van der Waals surface area contributed by atoms with Gasteiger partial charge in [0.25, 0.3) is 0 Å². The second-order valence-electron chi connectivity index (χ2n) is 6.65. The van der Waals surface area contributed by atoms with Crippen molar-refractivity contribution < 1.29 is 39.9 Å². The Kier molecular flexibility index (Phi) is 5.92. The number of benzene rings is 3. The molecule has 160 valence electrons. The van der Waals surface area contributed by atoms with Crippen molar-refractivity contribution >= 4 is 10.8 Å². The van der Waals surface area contributed by atoms with Crippen molar-refractivity contribution in [2.75, 3.05) is 6.61 Å². The van der Waals surface area contributed by atoms with Crippen LogP contribution in [0.25, 0.3) is 21.9 Å². The summed E-state index contributed by atoms with van der Waals surface area (Å²) in [5.41, 5.74) is -0.518. The molecule has 1 nitrogen and oxygen atoms in total. The lowest BCUT2D eigenvalue weighted by molar-refractivity contribution is -0.154. The SMILES string of the molecule is CCCc1cc(F)c(-c2cc(F)c3c(F)c(OCC(F)(F)F)c(F)cc3c2)c(F)c1. The molecule has 0 bridgehead atoms. The van der Waals surface area contributed by atoms with Crippen LogP contribution in [0.15, 0.2) is 30.3 Å². The van der Waals surface area contributed by atoms with Crippen molar-refractivity contribution in [3.63, 3.8) is 0 Å². The van der Waals surface area contributed by atoms with Crippen molar-refractivity contribution in [3.8, 4) is 16.9 Å². The van der Waals surface area contributed by atoms with E-state index in [1.54, 1.807) is 0 Å². The van der Waals surface area contributed by atoms with Crippen LogP contribution in [0.5, 0.6) is 5.75 Å². The molecule has 0 radical (unpaired) electrons. The summed E-state index contributed by atoms with van der Waals surface area (Å²) in [4.78, 5) is 0. The zero-order valence-corrected chi connectivity index (χ0v) is 15.4. The first-order valence-electron chi connectivity index (χ1n) is 8.81. The van der Waals surface area contributed by atoms with E-state index in [0.29, 0.717) is 30.5 Å². The van der Waals surface area contributed by atoms with Crippen LogP contribution in [0, 0.1) is 29.1 Å². The molecule has 0 aliphatic heterocycles. The Labute approximate surface area is 165 Å². The van der Waals surface area contributed by atoms with E-state index in [-0.39, 0.29) is 5.56 Å². The van der Waals surface area contributed by atoms with Crippen LogP contribution in [-0.4, -0.2) is 12.8 Å². The van der Waals surface area contributed by atoms with Crippen molar-refractivity contribution in [2.45, 2.75) is 25.9 Å². The molecule has 0 aromatic heterocycles. The van der Waals surface area contributed by atoms with Crippen LogP contribution >= 0.6 is 0 Å². The van der Waals surface area contributed by atoms with Gasteiger partial charge in [-0.2, -0.15) is 13.2 Å². The second-order valence-corrected chi connectivity index (χ2v) is 6.65. The summed E-state index contributed by atoms with van der Waals surface area (Å²) in [7, 11) is 0. The molecule has 0 atom stereocenters. The van der Waals surface area contributed by atoms with Gasteiger partial charge in [0.15, 0.2) is 24.0 Å². The number of hydrogen-bond donors (Lipinski definition) is 0. The molecule has 0 unspecified atom stereocenters. The fraction of sp³-hybridized carbons (Fsp3) is 0.238. The molecule has 0 fully saturated rings. The molecule has 0 aliphatic rings. The summed E-state index contributed by atoms with van der Waals surface area (Å²) >= 11 is 0. The lowest BCUT2D eigenvalue weighted by atomic mass is 9.97. The number of hydrogen-bond acceptors (Lipinski definition) is 1. The van der Waals surface area contributed by atoms with E-state index in [1.807, 2.05) is 6.92 Å². The summed E-state index contributed by atoms with van der Waals surface area (Å²) in [5, 5.41) is -1.29. The Morgan fingerprint density at radius 3 is 2.00 bits per heavy atom. The van der Waals surface area contributed by atoms with Crippen LogP contribution in [-0.2, 0) is 6.42 Å². The van der Waals surface area contributed by atoms with Crippen molar-refractivity contribution in [2.24, 2.45) is 0 Å². The van der Waals surface area contributed by atoms with E-state index in [1.165, 1.54) is 0 Å². The van der Waals surface area contributed by atoms with Gasteiger partial charge in [-0.15, -0.1) is 0 Å². The predicted molar refractivity (Wildman–Crippen MR) is 94.7 cm³/mol. The third-order valence-corrected chi connectivity index (χ3v) is 4.35. The van der Waals surface area contributed by atoms with Crippen LogP contribution in [0.4, 0.5) is 35.1 Å². The van der Waals surface area contributed by atoms with Gasteiger partial charge < -0.3 is 4.74 Å². The predicted octanol–water partition coefficient (Wildman–Crippen LogP) is 7.10. The third-order valence-electron chi connectivity index (χ3n) is 4.35. The molecule has 0 heterocycles. The molecule has 0 saturated heterocycles. The maximum absolute atomic E-state index is 14.6. The third kappa shape index (κ3) is 4.34. The number of alkyl halides is 3. The molecule has 0 amide bonds. The monoisotopic (exact) mass is 434 g/mol. The van der Waals surface area contributed by atoms with Gasteiger partial charge in [-0.3, -0.25) is 0 Å². The van der Waals surface area contributed by atoms with Gasteiger partial charge in [-0.1, -0.05) is 13.3 Å². The van der Waals surface area contributed by atoms with E-state index in [0.717, 1.165) is 18.2 Å². The minimum Gasteiger partial charge on any atom is -0.478 e. The summed E-state index contributed by atoms with van der Waals surface area (Å²) in [6.07, 6.45) is -3.81. The highest BCUT2D eigenvalue weighted by Gasteiger charge is 2.30. The summed E-state index contributed by atoms with van der Waals surface area (Å²) < 4.78 is 113. The summed E-state index contributed by atoms with van der Waals surface area (Å²) in [5.74, 6) is -7.90. The molecule has 0 N–H and O–H groups in total. The van der Waals surface area contributed by atoms with E-state index in [9.17, 15) is 35.1 Å². The number of aryl methyl sites for hydroxylation is 1. The fourth-order valence-electron chi connectivity index (χ4n) is 3.16. The van der Waals surface area contributed by atoms with Gasteiger partial charge in [-0.05, 0) is 53.3 Å². The second kappa shape index (κ2) is 8.12. The Morgan fingerprint density at radius 2 is 1.43 bits per heavy atom. The van der Waals surface area contributed by atoms with Crippen LogP contribution in [0.3, 0.4) is 0 Å². The summed E-state index contributed by atoms with van der Waals surface area (Å²) in [6.45, 7) is -0.162. The van der Waals surface area contributed by atoms with Gasteiger partial charge in [0, 0.05) is 0 Å². The number of ether oxygens (including phenoxy) is 1. The molecular weight excluding hydrogens is 420 g/mol. The van der Waals surface area contributed by atoms with E-state index < -0.39 is 64.0 Å². The summed E-state index contributed by atoms with van der Waals surface area (Å²) in [6, 6.07) is 4.27. The van der Waals surface area contributed by atoms with Crippen LogP contribution in [0.1, 0.15) is 18.9 Å². The maximum atomic E-state index is 14.6. The Morgan fingerprint density at radius 1 is 0.800 bits per heavy atom. The highest BCUT2D eigenvalue weighted by Crippen LogP contribution is 2.37. The van der Waals surface area contributed by atoms with E-state index in [2.05, 4.69) is 4.74 Å². The van der Waals surface area contributed by atoms with Gasteiger partial charge >= 0.3 is 6.18 Å². The minimum atomic E-state index is -4.87. The molecule has 0 spiro atoms. The average molecular weight is 434 g/mol. The van der Waals surface area contributed by atoms with Gasteiger partial charge in [-0.25, -0.2) is 22.0 Å². The molecule has 30 heavy (non-hydrogen) atoms. The van der Waals surface area contributed by atoms with Crippen molar-refractivity contribution in [1.29, 1.82) is 0 Å². The first-order valence-corrected chi connectivity index (χ1v) is 8.81. The van der Waals surface area contributed by atoms with Crippen LogP contribution in [0.2, 0.25) is 0 Å². The topological polar surface area (TPSA) is 9.23 Å². The average Bonchev–Trinajstić information content (AvgIpc) is 2.59. The van der Waals surface area contributed by atoms with Crippen molar-refractivity contribution in [3.05, 3.63) is 65.0 Å². The zero-order valence-electron chi connectivity index (χ0n) is 15.4. The quantitative estimate of drug-likeness (QED) is 0.390. The molecule has 9 heteroatoms. The van der Waals surface area contributed by atoms with Crippen molar-refractivity contribution in [1.82, 2.24) is 0 Å². The highest BCUT2D eigenvalue weighted by atomic mass is 19.4. The van der Waals surface area contributed by atoms with E-state index >= 15 is 0 Å². The first-order chi connectivity index (χ1) is 14.0. The standard InChI is InChI=1S/C21H14F8O/c1-2-3-10-4-13(22)17(14(23)5-10)11-6-12-8-16(25)20(30-9-21(27,28)29)19(26)18(12)15(24)7-11/h4-8H,2-3,9H2,1H3. The number of rotatable bonds is 5. The Bertz CT molecular complexity index is 1080. The first kappa shape index (κ1) is 21.9. The molecule has 0 saturated carbocycles. The van der Waals surface area contributed by atoms with E-state index in [4.69, 9.17) is 0 Å². The number of fused-ring (bicyclic) bond motifs is 1. The molecule has 3 rings (SSSR count). The Balaban J connectivity index is 2.13. The normalized spacial score (nSPS) is 11.9. The molecule has 0 aliphatic carbocycles. The number of halogens is 8. The molecular formula is C21H14F8O. The molecule has 3 aromatic rings. The fourth-order valence-corrected chi connectivity index (χ4v) is 3.16. The van der Waals surface area contributed by atoms with Crippen LogP contribution < -0.4 is 4.74 Å². The van der Waals surface area contributed by atoms with Gasteiger partial charge in [0.1, 0.15) is 17.5 Å².